The van der Waals surface area contributed by atoms with Crippen molar-refractivity contribution < 1.29 is 4.74 Å². The van der Waals surface area contributed by atoms with Crippen LogP contribution in [0.4, 0.5) is 0 Å². The van der Waals surface area contributed by atoms with Crippen LogP contribution in [0.5, 0.6) is 5.75 Å². The molecule has 0 spiro atoms. The largest absolute Gasteiger partial charge is 0.489 e. The predicted molar refractivity (Wildman–Crippen MR) is 101 cm³/mol. The van der Waals surface area contributed by atoms with Crippen LogP contribution < -0.4 is 4.74 Å². The van der Waals surface area contributed by atoms with Gasteiger partial charge < -0.3 is 4.74 Å². The first kappa shape index (κ1) is 17.0. The minimum atomic E-state index is 0.638. The maximum Gasteiger partial charge on any atom is 0.120 e. The van der Waals surface area contributed by atoms with Crippen LogP contribution in [0.2, 0.25) is 0 Å². The number of ether oxygens (including phenoxy) is 1. The van der Waals surface area contributed by atoms with Gasteiger partial charge in [0.05, 0.1) is 0 Å². The molecule has 3 rings (SSSR count). The first-order valence-electron chi connectivity index (χ1n) is 9.32. The molecule has 1 aliphatic heterocycles. The van der Waals surface area contributed by atoms with E-state index < -0.39 is 0 Å². The molecular formula is C22H29NO. The zero-order valence-electron chi connectivity index (χ0n) is 15.0. The molecule has 0 saturated heterocycles. The molecule has 128 valence electrons. The zero-order chi connectivity index (χ0) is 16.8. The minimum absolute atomic E-state index is 0.638. The first-order chi connectivity index (χ1) is 11.8. The highest BCUT2D eigenvalue weighted by Gasteiger charge is 2.19. The Kier molecular flexibility index (Phi) is 5.92. The van der Waals surface area contributed by atoms with E-state index in [4.69, 9.17) is 4.74 Å². The fourth-order valence-corrected chi connectivity index (χ4v) is 3.72. The van der Waals surface area contributed by atoms with Crippen molar-refractivity contribution in [2.45, 2.75) is 52.2 Å². The Morgan fingerprint density at radius 2 is 1.62 bits per heavy atom. The second-order valence-electron chi connectivity index (χ2n) is 6.71. The Balaban J connectivity index is 1.65. The first-order valence-corrected chi connectivity index (χ1v) is 9.32. The summed E-state index contributed by atoms with van der Waals surface area (Å²) < 4.78 is 6.00. The van der Waals surface area contributed by atoms with Crippen molar-refractivity contribution in [3.05, 3.63) is 65.2 Å². The van der Waals surface area contributed by atoms with Crippen molar-refractivity contribution >= 4 is 0 Å². The van der Waals surface area contributed by atoms with Crippen molar-refractivity contribution in [2.24, 2.45) is 0 Å². The lowest BCUT2D eigenvalue weighted by atomic mass is 10.0. The summed E-state index contributed by atoms with van der Waals surface area (Å²) in [7, 11) is 0. The summed E-state index contributed by atoms with van der Waals surface area (Å²) in [5.74, 6) is 0.994. The van der Waals surface area contributed by atoms with Gasteiger partial charge >= 0.3 is 0 Å². The second kappa shape index (κ2) is 8.34. The number of rotatable bonds is 6. The predicted octanol–water partition coefficient (Wildman–Crippen LogP) is 4.85. The molecule has 0 fully saturated rings. The third-order valence-corrected chi connectivity index (χ3v) is 5.22. The molecule has 0 aromatic heterocycles. The van der Waals surface area contributed by atoms with Crippen LogP contribution >= 0.6 is 0 Å². The third-order valence-electron chi connectivity index (χ3n) is 5.22. The van der Waals surface area contributed by atoms with Crippen LogP contribution in [-0.2, 0) is 19.4 Å². The Hall–Kier alpha value is -1.80. The number of hydrogen-bond acceptors (Lipinski definition) is 2. The van der Waals surface area contributed by atoms with E-state index in [1.54, 1.807) is 0 Å². The van der Waals surface area contributed by atoms with E-state index in [0.717, 1.165) is 24.6 Å². The highest BCUT2D eigenvalue weighted by Crippen LogP contribution is 2.24. The van der Waals surface area contributed by atoms with Crippen LogP contribution in [0.3, 0.4) is 0 Å². The summed E-state index contributed by atoms with van der Waals surface area (Å²) in [5.41, 5.74) is 4.18. The quantitative estimate of drug-likeness (QED) is 0.753. The summed E-state index contributed by atoms with van der Waals surface area (Å²) in [6.45, 7) is 7.61. The van der Waals surface area contributed by atoms with Crippen molar-refractivity contribution in [1.82, 2.24) is 4.90 Å². The van der Waals surface area contributed by atoms with Crippen molar-refractivity contribution in [2.75, 3.05) is 13.1 Å². The molecule has 2 heteroatoms. The van der Waals surface area contributed by atoms with Crippen molar-refractivity contribution in [3.63, 3.8) is 0 Å². The smallest absolute Gasteiger partial charge is 0.120 e. The molecule has 24 heavy (non-hydrogen) atoms. The lowest BCUT2D eigenvalue weighted by Crippen LogP contribution is -2.36. The molecular weight excluding hydrogens is 294 g/mol. The normalized spacial score (nSPS) is 15.1. The SMILES string of the molecule is CCC(CC)N1CCc2ccc(OCc3ccccc3)cc2CC1. The molecule has 0 aliphatic carbocycles. The van der Waals surface area contributed by atoms with Gasteiger partial charge in [0.25, 0.3) is 0 Å². The van der Waals surface area contributed by atoms with Crippen molar-refractivity contribution in [3.8, 4) is 5.75 Å². The molecule has 0 unspecified atom stereocenters. The van der Waals surface area contributed by atoms with Crippen LogP contribution in [0.25, 0.3) is 0 Å². The lowest BCUT2D eigenvalue weighted by molar-refractivity contribution is 0.194. The van der Waals surface area contributed by atoms with E-state index in [9.17, 15) is 0 Å². The minimum Gasteiger partial charge on any atom is -0.489 e. The molecule has 0 N–H and O–H groups in total. The van der Waals surface area contributed by atoms with Crippen LogP contribution in [0.1, 0.15) is 43.4 Å². The fraction of sp³-hybridized carbons (Fsp3) is 0.455. The van der Waals surface area contributed by atoms with Gasteiger partial charge in [-0.3, -0.25) is 4.90 Å². The molecule has 0 amide bonds. The van der Waals surface area contributed by atoms with Gasteiger partial charge in [0.15, 0.2) is 0 Å². The summed E-state index contributed by atoms with van der Waals surface area (Å²) in [5, 5.41) is 0. The van der Waals surface area contributed by atoms with E-state index in [1.165, 1.54) is 42.6 Å². The molecule has 0 saturated carbocycles. The Bertz CT molecular complexity index is 634. The zero-order valence-corrected chi connectivity index (χ0v) is 15.0. The molecule has 0 atom stereocenters. The number of hydrogen-bond donors (Lipinski definition) is 0. The van der Waals surface area contributed by atoms with Gasteiger partial charge in [-0.05, 0) is 54.5 Å². The van der Waals surface area contributed by atoms with Gasteiger partial charge in [-0.25, -0.2) is 0 Å². The number of fused-ring (bicyclic) bond motifs is 1. The third kappa shape index (κ3) is 4.18. The molecule has 1 aliphatic rings. The molecule has 0 bridgehead atoms. The van der Waals surface area contributed by atoms with E-state index >= 15 is 0 Å². The van der Waals surface area contributed by atoms with Crippen LogP contribution in [0, 0.1) is 0 Å². The van der Waals surface area contributed by atoms with Gasteiger partial charge in [0.2, 0.25) is 0 Å². The summed E-state index contributed by atoms with van der Waals surface area (Å²) in [6, 6.07) is 17.8. The van der Waals surface area contributed by atoms with Gasteiger partial charge in [0.1, 0.15) is 12.4 Å². The average molecular weight is 323 g/mol. The summed E-state index contributed by atoms with van der Waals surface area (Å²) in [6.07, 6.45) is 4.79. The average Bonchev–Trinajstić information content (AvgIpc) is 2.84. The van der Waals surface area contributed by atoms with E-state index in [0.29, 0.717) is 6.61 Å². The van der Waals surface area contributed by atoms with Crippen LogP contribution in [0.15, 0.2) is 48.5 Å². The van der Waals surface area contributed by atoms with E-state index in [-0.39, 0.29) is 0 Å². The standard InChI is InChI=1S/C22H29NO/c1-3-21(4-2)23-14-12-19-10-11-22(16-20(19)13-15-23)24-17-18-8-6-5-7-9-18/h5-11,16,21H,3-4,12-15,17H2,1-2H3. The molecule has 1 heterocycles. The van der Waals surface area contributed by atoms with Crippen molar-refractivity contribution in [1.29, 1.82) is 0 Å². The topological polar surface area (TPSA) is 12.5 Å². The van der Waals surface area contributed by atoms with E-state index in [2.05, 4.69) is 61.2 Å². The number of benzene rings is 2. The van der Waals surface area contributed by atoms with Gasteiger partial charge in [-0.15, -0.1) is 0 Å². The maximum absolute atomic E-state index is 6.00. The molecule has 2 nitrogen and oxygen atoms in total. The Labute approximate surface area is 146 Å². The second-order valence-corrected chi connectivity index (χ2v) is 6.71. The molecule has 0 radical (unpaired) electrons. The van der Waals surface area contributed by atoms with Gasteiger partial charge in [-0.1, -0.05) is 50.2 Å². The molecule has 2 aromatic rings. The summed E-state index contributed by atoms with van der Waals surface area (Å²) >= 11 is 0. The maximum atomic E-state index is 6.00. The van der Waals surface area contributed by atoms with E-state index in [1.807, 2.05) is 6.07 Å². The van der Waals surface area contributed by atoms with Crippen LogP contribution in [-0.4, -0.2) is 24.0 Å². The van der Waals surface area contributed by atoms with Gasteiger partial charge in [-0.2, -0.15) is 0 Å². The molecule has 2 aromatic carbocycles. The van der Waals surface area contributed by atoms with Gasteiger partial charge in [0, 0.05) is 19.1 Å². The highest BCUT2D eigenvalue weighted by atomic mass is 16.5. The lowest BCUT2D eigenvalue weighted by Gasteiger charge is -2.28. The fourth-order valence-electron chi connectivity index (χ4n) is 3.72. The Morgan fingerprint density at radius 1 is 0.917 bits per heavy atom. The monoisotopic (exact) mass is 323 g/mol. The Morgan fingerprint density at radius 3 is 2.33 bits per heavy atom. The summed E-state index contributed by atoms with van der Waals surface area (Å²) in [4.78, 5) is 2.67. The highest BCUT2D eigenvalue weighted by molar-refractivity contribution is 5.37. The number of nitrogens with zero attached hydrogens (tertiary/aromatic N) is 1.